The van der Waals surface area contributed by atoms with Crippen molar-refractivity contribution in [1.29, 1.82) is 0 Å². The highest BCUT2D eigenvalue weighted by molar-refractivity contribution is 5.95. The lowest BCUT2D eigenvalue weighted by molar-refractivity contribution is 0.0694. The van der Waals surface area contributed by atoms with E-state index in [1.54, 1.807) is 0 Å². The number of likely N-dealkylation sites (tertiary alicyclic amines) is 2. The molecule has 0 unspecified atom stereocenters. The first-order valence-electron chi connectivity index (χ1n) is 12.5. The number of piperidine rings is 2. The summed E-state index contributed by atoms with van der Waals surface area (Å²) in [5.41, 5.74) is 5.67. The average Bonchev–Trinajstić information content (AvgIpc) is 2.80. The molecular weight excluding hydrogens is 394 g/mol. The van der Waals surface area contributed by atoms with Crippen LogP contribution < -0.4 is 0 Å². The third-order valence-corrected chi connectivity index (χ3v) is 7.39. The molecule has 1 aromatic carbocycles. The second kappa shape index (κ2) is 10.2. The van der Waals surface area contributed by atoms with Crippen LogP contribution in [0.4, 0.5) is 0 Å². The Morgan fingerprint density at radius 1 is 0.969 bits per heavy atom. The van der Waals surface area contributed by atoms with Gasteiger partial charge < -0.3 is 4.90 Å². The molecule has 1 amide bonds. The van der Waals surface area contributed by atoms with Crippen LogP contribution in [0.25, 0.3) is 0 Å². The number of aromatic nitrogens is 1. The fourth-order valence-corrected chi connectivity index (χ4v) is 5.08. The third kappa shape index (κ3) is 5.40. The van der Waals surface area contributed by atoms with Gasteiger partial charge in [0, 0.05) is 31.2 Å². The topological polar surface area (TPSA) is 36.4 Å². The van der Waals surface area contributed by atoms with E-state index in [0.717, 1.165) is 81.3 Å². The largest absolute Gasteiger partial charge is 0.339 e. The van der Waals surface area contributed by atoms with Gasteiger partial charge in [-0.05, 0) is 80.8 Å². The van der Waals surface area contributed by atoms with E-state index in [1.165, 1.54) is 11.1 Å². The summed E-state index contributed by atoms with van der Waals surface area (Å²) in [6.07, 6.45) is 4.35. The van der Waals surface area contributed by atoms with E-state index in [-0.39, 0.29) is 5.91 Å². The average molecular weight is 434 g/mol. The van der Waals surface area contributed by atoms with E-state index in [2.05, 4.69) is 49.9 Å². The fourth-order valence-electron chi connectivity index (χ4n) is 5.08. The van der Waals surface area contributed by atoms with Crippen LogP contribution in [0.3, 0.4) is 0 Å². The van der Waals surface area contributed by atoms with E-state index >= 15 is 0 Å². The zero-order valence-electron chi connectivity index (χ0n) is 20.3. The monoisotopic (exact) mass is 433 g/mol. The molecule has 1 aromatic heterocycles. The van der Waals surface area contributed by atoms with Crippen molar-refractivity contribution in [3.8, 4) is 0 Å². The molecule has 0 saturated carbocycles. The standard InChI is InChI=1S/C28H39N3O/c1-20(2)24-8-6-23(7-9-24)19-30-15-13-25(14-16-30)27-26(10-5-22(4)29-27)28(32)31-17-11-21(3)12-18-31/h5-10,20-21,25H,11-19H2,1-4H3. The molecule has 2 aliphatic rings. The molecule has 0 N–H and O–H groups in total. The Bertz CT molecular complexity index is 905. The van der Waals surface area contributed by atoms with Gasteiger partial charge in [-0.15, -0.1) is 0 Å². The van der Waals surface area contributed by atoms with Gasteiger partial charge in [-0.25, -0.2) is 0 Å². The van der Waals surface area contributed by atoms with Gasteiger partial charge in [-0.2, -0.15) is 0 Å². The number of carbonyl (C=O) groups excluding carboxylic acids is 1. The summed E-state index contributed by atoms with van der Waals surface area (Å²) >= 11 is 0. The number of hydrogen-bond acceptors (Lipinski definition) is 3. The van der Waals surface area contributed by atoms with E-state index < -0.39 is 0 Å². The number of carbonyl (C=O) groups is 1. The van der Waals surface area contributed by atoms with Crippen molar-refractivity contribution < 1.29 is 4.79 Å². The molecule has 4 rings (SSSR count). The van der Waals surface area contributed by atoms with Gasteiger partial charge in [0.1, 0.15) is 0 Å². The highest BCUT2D eigenvalue weighted by Crippen LogP contribution is 2.31. The lowest BCUT2D eigenvalue weighted by Crippen LogP contribution is -2.39. The van der Waals surface area contributed by atoms with Crippen molar-refractivity contribution in [2.24, 2.45) is 5.92 Å². The lowest BCUT2D eigenvalue weighted by Gasteiger charge is -2.34. The number of benzene rings is 1. The minimum absolute atomic E-state index is 0.187. The molecular formula is C28H39N3O. The molecule has 2 aliphatic heterocycles. The second-order valence-electron chi connectivity index (χ2n) is 10.3. The van der Waals surface area contributed by atoms with Gasteiger partial charge in [0.25, 0.3) is 5.91 Å². The molecule has 0 bridgehead atoms. The smallest absolute Gasteiger partial charge is 0.255 e. The number of amides is 1. The van der Waals surface area contributed by atoms with E-state index in [1.807, 2.05) is 24.0 Å². The van der Waals surface area contributed by atoms with Crippen LogP contribution in [-0.4, -0.2) is 46.9 Å². The normalized spacial score (nSPS) is 19.0. The molecule has 172 valence electrons. The van der Waals surface area contributed by atoms with Gasteiger partial charge in [-0.1, -0.05) is 45.0 Å². The molecule has 0 atom stereocenters. The molecule has 3 heterocycles. The van der Waals surface area contributed by atoms with Gasteiger partial charge in [0.2, 0.25) is 0 Å². The van der Waals surface area contributed by atoms with Crippen LogP contribution in [0.2, 0.25) is 0 Å². The number of nitrogens with zero attached hydrogens (tertiary/aromatic N) is 3. The number of aryl methyl sites for hydroxylation is 1. The fraction of sp³-hybridized carbons (Fsp3) is 0.571. The van der Waals surface area contributed by atoms with Gasteiger partial charge >= 0.3 is 0 Å². The summed E-state index contributed by atoms with van der Waals surface area (Å²) in [7, 11) is 0. The Morgan fingerprint density at radius 3 is 2.25 bits per heavy atom. The highest BCUT2D eigenvalue weighted by atomic mass is 16.2. The molecule has 2 fully saturated rings. The summed E-state index contributed by atoms with van der Waals surface area (Å²) in [6.45, 7) is 13.7. The summed E-state index contributed by atoms with van der Waals surface area (Å²) < 4.78 is 0. The van der Waals surface area contributed by atoms with E-state index in [9.17, 15) is 4.79 Å². The predicted molar refractivity (Wildman–Crippen MR) is 131 cm³/mol. The molecule has 4 heteroatoms. The zero-order chi connectivity index (χ0) is 22.7. The minimum Gasteiger partial charge on any atom is -0.339 e. The van der Waals surface area contributed by atoms with Gasteiger partial charge in [0.15, 0.2) is 0 Å². The van der Waals surface area contributed by atoms with Crippen LogP contribution in [-0.2, 0) is 6.54 Å². The Kier molecular flexibility index (Phi) is 7.30. The number of hydrogen-bond donors (Lipinski definition) is 0. The Hall–Kier alpha value is -2.20. The third-order valence-electron chi connectivity index (χ3n) is 7.39. The Balaban J connectivity index is 1.40. The highest BCUT2D eigenvalue weighted by Gasteiger charge is 2.29. The molecule has 0 spiro atoms. The maximum Gasteiger partial charge on any atom is 0.255 e. The Morgan fingerprint density at radius 2 is 1.62 bits per heavy atom. The zero-order valence-corrected chi connectivity index (χ0v) is 20.3. The first kappa shape index (κ1) is 23.0. The summed E-state index contributed by atoms with van der Waals surface area (Å²) in [6, 6.07) is 13.1. The van der Waals surface area contributed by atoms with Crippen LogP contribution in [0.15, 0.2) is 36.4 Å². The summed E-state index contributed by atoms with van der Waals surface area (Å²) in [4.78, 5) is 22.8. The van der Waals surface area contributed by atoms with Crippen LogP contribution in [0.5, 0.6) is 0 Å². The predicted octanol–water partition coefficient (Wildman–Crippen LogP) is 5.77. The minimum atomic E-state index is 0.187. The molecule has 32 heavy (non-hydrogen) atoms. The van der Waals surface area contributed by atoms with Gasteiger partial charge in [0.05, 0.1) is 11.3 Å². The molecule has 4 nitrogen and oxygen atoms in total. The van der Waals surface area contributed by atoms with Crippen molar-refractivity contribution in [3.05, 3.63) is 64.5 Å². The molecule has 2 aromatic rings. The molecule has 0 radical (unpaired) electrons. The van der Waals surface area contributed by atoms with Crippen LogP contribution >= 0.6 is 0 Å². The van der Waals surface area contributed by atoms with Gasteiger partial charge in [-0.3, -0.25) is 14.7 Å². The SMILES string of the molecule is Cc1ccc(C(=O)N2CCC(C)CC2)c(C2CCN(Cc3ccc(C(C)C)cc3)CC2)n1. The second-order valence-corrected chi connectivity index (χ2v) is 10.3. The quantitative estimate of drug-likeness (QED) is 0.601. The maximum atomic E-state index is 13.3. The maximum absolute atomic E-state index is 13.3. The summed E-state index contributed by atoms with van der Waals surface area (Å²) in [5, 5.41) is 0. The van der Waals surface area contributed by atoms with Crippen LogP contribution in [0, 0.1) is 12.8 Å². The Labute approximate surface area is 194 Å². The number of rotatable bonds is 5. The first-order valence-corrected chi connectivity index (χ1v) is 12.5. The van der Waals surface area contributed by atoms with Crippen molar-refractivity contribution >= 4 is 5.91 Å². The molecule has 2 saturated heterocycles. The van der Waals surface area contributed by atoms with Crippen LogP contribution in [0.1, 0.15) is 91.2 Å². The lowest BCUT2D eigenvalue weighted by atomic mass is 9.89. The molecule has 0 aliphatic carbocycles. The van der Waals surface area contributed by atoms with Crippen molar-refractivity contribution in [3.63, 3.8) is 0 Å². The first-order chi connectivity index (χ1) is 15.4. The van der Waals surface area contributed by atoms with E-state index in [4.69, 9.17) is 4.98 Å². The van der Waals surface area contributed by atoms with Crippen molar-refractivity contribution in [1.82, 2.24) is 14.8 Å². The summed E-state index contributed by atoms with van der Waals surface area (Å²) in [5.74, 6) is 1.86. The van der Waals surface area contributed by atoms with Crippen molar-refractivity contribution in [2.75, 3.05) is 26.2 Å². The number of pyridine rings is 1. The van der Waals surface area contributed by atoms with Crippen molar-refractivity contribution in [2.45, 2.75) is 71.8 Å². The van der Waals surface area contributed by atoms with E-state index in [0.29, 0.717) is 11.8 Å².